The van der Waals surface area contributed by atoms with Gasteiger partial charge in [-0.3, -0.25) is 9.59 Å². The van der Waals surface area contributed by atoms with Gasteiger partial charge in [-0.2, -0.15) is 0 Å². The van der Waals surface area contributed by atoms with Crippen molar-refractivity contribution in [1.82, 2.24) is 4.90 Å². The maximum Gasteiger partial charge on any atom is 0.229 e. The quantitative estimate of drug-likeness (QED) is 0.419. The Hall–Kier alpha value is -2.10. The number of carbonyl (C=O) groups is 2. The van der Waals surface area contributed by atoms with E-state index in [1.54, 1.807) is 13.0 Å². The maximum absolute atomic E-state index is 13.9. The number of hydrogen-bond donors (Lipinski definition) is 0. The molecular formula is C26H29Cl2NO2. The van der Waals surface area contributed by atoms with Crippen LogP contribution in [0.2, 0.25) is 10.0 Å². The number of rotatable bonds is 7. The second-order valence-electron chi connectivity index (χ2n) is 8.66. The Balaban J connectivity index is 2.25. The lowest BCUT2D eigenvalue weighted by atomic mass is 9.67. The normalized spacial score (nSPS) is 24.7. The number of halogens is 2. The molecule has 1 aliphatic rings. The van der Waals surface area contributed by atoms with E-state index in [-0.39, 0.29) is 23.7 Å². The Kier molecular flexibility index (Phi) is 7.28. The Morgan fingerprint density at radius 3 is 2.42 bits per heavy atom. The highest BCUT2D eigenvalue weighted by atomic mass is 35.5. The predicted molar refractivity (Wildman–Crippen MR) is 128 cm³/mol. The molecule has 2 aromatic carbocycles. The van der Waals surface area contributed by atoms with E-state index in [4.69, 9.17) is 23.2 Å². The number of carbonyl (C=O) groups excluding carboxylic acids is 2. The number of hydrogen-bond acceptors (Lipinski definition) is 2. The average Bonchev–Trinajstić information content (AvgIpc) is 2.72. The highest BCUT2D eigenvalue weighted by molar-refractivity contribution is 6.30. The fourth-order valence-electron chi connectivity index (χ4n) is 4.91. The monoisotopic (exact) mass is 457 g/mol. The van der Waals surface area contributed by atoms with Crippen molar-refractivity contribution in [2.75, 3.05) is 0 Å². The maximum atomic E-state index is 13.9. The number of piperidine rings is 1. The van der Waals surface area contributed by atoms with Gasteiger partial charge >= 0.3 is 0 Å². The van der Waals surface area contributed by atoms with Crippen molar-refractivity contribution >= 4 is 34.9 Å². The van der Waals surface area contributed by atoms with Crippen LogP contribution in [0.15, 0.2) is 61.2 Å². The third-order valence-electron chi connectivity index (χ3n) is 6.38. The Bertz CT molecular complexity index is 972. The fourth-order valence-corrected chi connectivity index (χ4v) is 5.24. The standard InChI is InChI=1S/C26H29Cl2NO2/c1-5-14-26(4)16-22(19-8-7-9-21(28)15-19)24(18-10-12-20(27)13-11-18)29(25(26)31)23(6-2)17(3)30/h5,7-13,15,22-24H,1,6,14,16H2,2-4H3/t22-,23+,24?,26+/m1/s1. The van der Waals surface area contributed by atoms with Crippen molar-refractivity contribution in [3.05, 3.63) is 82.4 Å². The molecule has 0 bridgehead atoms. The van der Waals surface area contributed by atoms with Gasteiger partial charge in [0.2, 0.25) is 5.91 Å². The van der Waals surface area contributed by atoms with Crippen LogP contribution in [-0.2, 0) is 9.59 Å². The first-order valence-corrected chi connectivity index (χ1v) is 11.4. The molecule has 5 heteroatoms. The van der Waals surface area contributed by atoms with Crippen LogP contribution in [0, 0.1) is 5.41 Å². The number of benzene rings is 2. The molecule has 1 heterocycles. The molecule has 2 aromatic rings. The zero-order valence-electron chi connectivity index (χ0n) is 18.3. The van der Waals surface area contributed by atoms with E-state index >= 15 is 0 Å². The van der Waals surface area contributed by atoms with E-state index in [2.05, 4.69) is 12.6 Å². The van der Waals surface area contributed by atoms with Crippen LogP contribution in [0.3, 0.4) is 0 Å². The number of likely N-dealkylation sites (tertiary alicyclic amines) is 1. The molecule has 1 fully saturated rings. The first kappa shape index (κ1) is 23.6. The second kappa shape index (κ2) is 9.58. The molecule has 0 aromatic heterocycles. The van der Waals surface area contributed by atoms with Gasteiger partial charge in [0.25, 0.3) is 0 Å². The number of ketones is 1. The zero-order chi connectivity index (χ0) is 22.8. The van der Waals surface area contributed by atoms with Crippen LogP contribution in [0.4, 0.5) is 0 Å². The molecule has 4 atom stereocenters. The number of nitrogens with zero attached hydrogens (tertiary/aromatic N) is 1. The van der Waals surface area contributed by atoms with E-state index in [1.807, 2.05) is 61.2 Å². The highest BCUT2D eigenvalue weighted by Crippen LogP contribution is 2.52. The van der Waals surface area contributed by atoms with Crippen molar-refractivity contribution in [3.63, 3.8) is 0 Å². The topological polar surface area (TPSA) is 37.4 Å². The lowest BCUT2D eigenvalue weighted by molar-refractivity contribution is -0.157. The first-order chi connectivity index (χ1) is 14.7. The molecule has 1 saturated heterocycles. The predicted octanol–water partition coefficient (Wildman–Crippen LogP) is 7.00. The zero-order valence-corrected chi connectivity index (χ0v) is 19.8. The third-order valence-corrected chi connectivity index (χ3v) is 6.86. The van der Waals surface area contributed by atoms with Gasteiger partial charge < -0.3 is 4.90 Å². The van der Waals surface area contributed by atoms with E-state index in [1.165, 1.54) is 0 Å². The Labute approximate surface area is 195 Å². The molecule has 0 spiro atoms. The van der Waals surface area contributed by atoms with Crippen LogP contribution in [-0.4, -0.2) is 22.6 Å². The summed E-state index contributed by atoms with van der Waals surface area (Å²) in [6.07, 6.45) is 3.53. The van der Waals surface area contributed by atoms with Crippen LogP contribution in [0.5, 0.6) is 0 Å². The van der Waals surface area contributed by atoms with Gasteiger partial charge in [0.05, 0.1) is 17.5 Å². The molecular weight excluding hydrogens is 429 g/mol. The SMILES string of the molecule is C=CC[C@@]1(C)C[C@H](c2cccc(Cl)c2)C(c2ccc(Cl)cc2)N([C@@H](CC)C(C)=O)C1=O. The molecule has 0 radical (unpaired) electrons. The van der Waals surface area contributed by atoms with Gasteiger partial charge in [0.15, 0.2) is 5.78 Å². The lowest BCUT2D eigenvalue weighted by Gasteiger charge is -2.51. The minimum Gasteiger partial charge on any atom is -0.325 e. The summed E-state index contributed by atoms with van der Waals surface area (Å²) in [6.45, 7) is 9.38. The summed E-state index contributed by atoms with van der Waals surface area (Å²) < 4.78 is 0. The first-order valence-electron chi connectivity index (χ1n) is 10.7. The minimum absolute atomic E-state index is 0.00678. The van der Waals surface area contributed by atoms with Gasteiger partial charge in [0, 0.05) is 16.0 Å². The number of allylic oxidation sites excluding steroid dienone is 1. The lowest BCUT2D eigenvalue weighted by Crippen LogP contribution is -2.57. The molecule has 1 amide bonds. The van der Waals surface area contributed by atoms with Crippen molar-refractivity contribution in [3.8, 4) is 0 Å². The second-order valence-corrected chi connectivity index (χ2v) is 9.54. The molecule has 3 nitrogen and oxygen atoms in total. The van der Waals surface area contributed by atoms with E-state index in [0.29, 0.717) is 29.3 Å². The smallest absolute Gasteiger partial charge is 0.229 e. The minimum atomic E-state index is -0.652. The van der Waals surface area contributed by atoms with E-state index < -0.39 is 11.5 Å². The summed E-state index contributed by atoms with van der Waals surface area (Å²) in [5.74, 6) is -0.0499. The molecule has 164 valence electrons. The van der Waals surface area contributed by atoms with Crippen LogP contribution in [0.25, 0.3) is 0 Å². The number of amides is 1. The largest absolute Gasteiger partial charge is 0.325 e. The molecule has 31 heavy (non-hydrogen) atoms. The van der Waals surface area contributed by atoms with Crippen LogP contribution >= 0.6 is 23.2 Å². The Morgan fingerprint density at radius 2 is 1.87 bits per heavy atom. The number of Topliss-reactive ketones (excluding diaryl/α,β-unsaturated/α-hetero) is 1. The summed E-state index contributed by atoms with van der Waals surface area (Å²) >= 11 is 12.5. The summed E-state index contributed by atoms with van der Waals surface area (Å²) in [5.41, 5.74) is 1.36. The third kappa shape index (κ3) is 4.73. The molecule has 1 unspecified atom stereocenters. The van der Waals surface area contributed by atoms with Crippen molar-refractivity contribution < 1.29 is 9.59 Å². The Morgan fingerprint density at radius 1 is 1.19 bits per heavy atom. The van der Waals surface area contributed by atoms with Crippen molar-refractivity contribution in [2.45, 2.75) is 58.0 Å². The van der Waals surface area contributed by atoms with Gasteiger partial charge in [-0.1, -0.05) is 67.4 Å². The summed E-state index contributed by atoms with van der Waals surface area (Å²) in [4.78, 5) is 28.4. The molecule has 3 rings (SSSR count). The van der Waals surface area contributed by atoms with Gasteiger partial charge in [-0.05, 0) is 61.6 Å². The summed E-state index contributed by atoms with van der Waals surface area (Å²) in [5, 5.41) is 1.28. The van der Waals surface area contributed by atoms with Gasteiger partial charge in [0.1, 0.15) is 0 Å². The summed E-state index contributed by atoms with van der Waals surface area (Å²) in [6, 6.07) is 14.6. The average molecular weight is 458 g/mol. The van der Waals surface area contributed by atoms with Gasteiger partial charge in [-0.25, -0.2) is 0 Å². The van der Waals surface area contributed by atoms with Crippen LogP contribution in [0.1, 0.15) is 63.1 Å². The van der Waals surface area contributed by atoms with E-state index in [9.17, 15) is 9.59 Å². The van der Waals surface area contributed by atoms with Crippen molar-refractivity contribution in [1.29, 1.82) is 0 Å². The van der Waals surface area contributed by atoms with Gasteiger partial charge in [-0.15, -0.1) is 6.58 Å². The van der Waals surface area contributed by atoms with Crippen molar-refractivity contribution in [2.24, 2.45) is 5.41 Å². The molecule has 0 N–H and O–H groups in total. The van der Waals surface area contributed by atoms with Crippen LogP contribution < -0.4 is 0 Å². The molecule has 0 aliphatic carbocycles. The highest BCUT2D eigenvalue weighted by Gasteiger charge is 2.51. The molecule has 1 aliphatic heterocycles. The molecule has 0 saturated carbocycles. The fraction of sp³-hybridized carbons (Fsp3) is 0.385. The van der Waals surface area contributed by atoms with E-state index in [0.717, 1.165) is 11.1 Å². The summed E-state index contributed by atoms with van der Waals surface area (Å²) in [7, 11) is 0.